The van der Waals surface area contributed by atoms with Crippen molar-refractivity contribution in [3.8, 4) is 0 Å². The van der Waals surface area contributed by atoms with Crippen LogP contribution in [0.4, 0.5) is 34.6 Å². The first kappa shape index (κ1) is 29.3. The van der Waals surface area contributed by atoms with Gasteiger partial charge in [-0.3, -0.25) is 9.59 Å². The second-order valence-corrected chi connectivity index (χ2v) is 8.95. The van der Waals surface area contributed by atoms with Gasteiger partial charge in [0, 0.05) is 19.2 Å². The predicted octanol–water partition coefficient (Wildman–Crippen LogP) is 4.91. The van der Waals surface area contributed by atoms with E-state index in [0.717, 1.165) is 6.07 Å². The molecule has 206 valence electrons. The van der Waals surface area contributed by atoms with Gasteiger partial charge in [-0.15, -0.1) is 0 Å². The number of hydrogen-bond acceptors (Lipinski definition) is 5. The fourth-order valence-electron chi connectivity index (χ4n) is 3.55. The van der Waals surface area contributed by atoms with Crippen LogP contribution in [0.15, 0.2) is 72.8 Å². The van der Waals surface area contributed by atoms with Crippen molar-refractivity contribution in [2.75, 3.05) is 43.6 Å². The molecule has 0 aliphatic carbocycles. The van der Waals surface area contributed by atoms with Crippen LogP contribution < -0.4 is 21.7 Å². The highest BCUT2D eigenvalue weighted by atomic mass is 19.4. The molecule has 11 heteroatoms. The lowest BCUT2D eigenvalue weighted by atomic mass is 10.0. The Morgan fingerprint density at radius 3 is 2.28 bits per heavy atom. The van der Waals surface area contributed by atoms with Crippen LogP contribution in [0, 0.1) is 5.82 Å². The predicted molar refractivity (Wildman–Crippen MR) is 144 cm³/mol. The standard InChI is InChI=1S/C28H29F4N5O2/c1-37(2)16-15-34-26(27(39)36-23-13-12-20(17-21(23)29)28(30,31)32)19-10-7-18(8-11-19)9-14-25(38)35-24-6-4-3-5-22(24)33/h3-14,17,26,34H,15-16,33H2,1-2H3,(H,35,38)(H,36,39). The molecule has 1 atom stereocenters. The van der Waals surface area contributed by atoms with Crippen LogP contribution in [0.3, 0.4) is 0 Å². The van der Waals surface area contributed by atoms with E-state index in [1.54, 1.807) is 54.6 Å². The number of alkyl halides is 3. The zero-order valence-corrected chi connectivity index (χ0v) is 21.4. The molecule has 0 saturated heterocycles. The number of halogens is 4. The monoisotopic (exact) mass is 543 g/mol. The van der Waals surface area contributed by atoms with E-state index >= 15 is 0 Å². The van der Waals surface area contributed by atoms with Crippen molar-refractivity contribution in [3.05, 3.63) is 95.3 Å². The van der Waals surface area contributed by atoms with Crippen LogP contribution >= 0.6 is 0 Å². The highest BCUT2D eigenvalue weighted by molar-refractivity contribution is 6.03. The minimum atomic E-state index is -4.70. The van der Waals surface area contributed by atoms with Gasteiger partial charge in [0.2, 0.25) is 11.8 Å². The average molecular weight is 544 g/mol. The normalized spacial score (nSPS) is 12.5. The summed E-state index contributed by atoms with van der Waals surface area (Å²) >= 11 is 0. The van der Waals surface area contributed by atoms with Gasteiger partial charge in [0.1, 0.15) is 11.9 Å². The minimum absolute atomic E-state index is 0.341. The number of benzene rings is 3. The van der Waals surface area contributed by atoms with Crippen molar-refractivity contribution >= 4 is 35.0 Å². The number of nitrogens with two attached hydrogens (primary N) is 1. The average Bonchev–Trinajstić information content (AvgIpc) is 2.87. The quantitative estimate of drug-likeness (QED) is 0.166. The molecule has 0 spiro atoms. The molecule has 3 aromatic rings. The van der Waals surface area contributed by atoms with E-state index in [-0.39, 0.29) is 11.6 Å². The Balaban J connectivity index is 1.73. The smallest absolute Gasteiger partial charge is 0.397 e. The third kappa shape index (κ3) is 8.66. The summed E-state index contributed by atoms with van der Waals surface area (Å²) in [6.07, 6.45) is -1.77. The molecule has 0 fully saturated rings. The first-order valence-corrected chi connectivity index (χ1v) is 11.9. The van der Waals surface area contributed by atoms with E-state index in [9.17, 15) is 27.2 Å². The fourth-order valence-corrected chi connectivity index (χ4v) is 3.55. The number of nitrogens with one attached hydrogen (secondary N) is 3. The number of anilines is 3. The lowest BCUT2D eigenvalue weighted by molar-refractivity contribution is -0.137. The molecule has 0 aromatic heterocycles. The number of nitrogens with zero attached hydrogens (tertiary/aromatic N) is 1. The highest BCUT2D eigenvalue weighted by Gasteiger charge is 2.31. The molecule has 0 aliphatic rings. The molecular formula is C28H29F4N5O2. The van der Waals surface area contributed by atoms with Crippen LogP contribution in [0.25, 0.3) is 6.08 Å². The first-order valence-electron chi connectivity index (χ1n) is 11.9. The number of carbonyl (C=O) groups excluding carboxylic acids is 2. The molecule has 0 bridgehead atoms. The van der Waals surface area contributed by atoms with E-state index in [0.29, 0.717) is 47.7 Å². The maximum atomic E-state index is 14.3. The van der Waals surface area contributed by atoms with Crippen molar-refractivity contribution in [1.82, 2.24) is 10.2 Å². The molecule has 1 unspecified atom stereocenters. The minimum Gasteiger partial charge on any atom is -0.397 e. The summed E-state index contributed by atoms with van der Waals surface area (Å²) in [5.41, 5.74) is 6.46. The van der Waals surface area contributed by atoms with Gasteiger partial charge in [-0.1, -0.05) is 36.4 Å². The summed E-state index contributed by atoms with van der Waals surface area (Å²) in [6.45, 7) is 1.01. The molecule has 2 amide bonds. The summed E-state index contributed by atoms with van der Waals surface area (Å²) in [5, 5.41) is 8.15. The van der Waals surface area contributed by atoms with Crippen molar-refractivity contribution in [2.45, 2.75) is 12.2 Å². The maximum absolute atomic E-state index is 14.3. The molecule has 0 radical (unpaired) electrons. The van der Waals surface area contributed by atoms with Crippen molar-refractivity contribution < 1.29 is 27.2 Å². The summed E-state index contributed by atoms with van der Waals surface area (Å²) in [7, 11) is 3.72. The SMILES string of the molecule is CN(C)CCNC(C(=O)Nc1ccc(C(F)(F)F)cc1F)c1ccc(C=CC(=O)Nc2ccccc2N)cc1. The zero-order valence-electron chi connectivity index (χ0n) is 21.4. The van der Waals surface area contributed by atoms with Crippen molar-refractivity contribution in [2.24, 2.45) is 0 Å². The molecule has 0 aliphatic heterocycles. The second kappa shape index (κ2) is 13.0. The van der Waals surface area contributed by atoms with Gasteiger partial charge in [-0.05, 0) is 61.6 Å². The molecule has 0 saturated carbocycles. The molecule has 5 N–H and O–H groups in total. The number of rotatable bonds is 10. The Kier molecular flexibility index (Phi) is 9.80. The Bertz CT molecular complexity index is 1320. The third-order valence-corrected chi connectivity index (χ3v) is 5.64. The molecular weight excluding hydrogens is 514 g/mol. The number of hydrogen-bond donors (Lipinski definition) is 4. The van der Waals surface area contributed by atoms with E-state index < -0.39 is 29.5 Å². The first-order chi connectivity index (χ1) is 18.4. The lowest BCUT2D eigenvalue weighted by Crippen LogP contribution is -2.37. The van der Waals surface area contributed by atoms with E-state index in [4.69, 9.17) is 5.73 Å². The third-order valence-electron chi connectivity index (χ3n) is 5.64. The van der Waals surface area contributed by atoms with Gasteiger partial charge >= 0.3 is 6.18 Å². The fraction of sp³-hybridized carbons (Fsp3) is 0.214. The van der Waals surface area contributed by atoms with Crippen LogP contribution in [0.5, 0.6) is 0 Å². The maximum Gasteiger partial charge on any atom is 0.416 e. The molecule has 39 heavy (non-hydrogen) atoms. The largest absolute Gasteiger partial charge is 0.416 e. The van der Waals surface area contributed by atoms with Crippen LogP contribution in [0.1, 0.15) is 22.7 Å². The van der Waals surface area contributed by atoms with Crippen LogP contribution in [-0.2, 0) is 15.8 Å². The number of likely N-dealkylation sites (N-methyl/N-ethyl adjacent to an activating group) is 1. The van der Waals surface area contributed by atoms with Gasteiger partial charge in [0.05, 0.1) is 22.6 Å². The van der Waals surface area contributed by atoms with Gasteiger partial charge in [0.25, 0.3) is 0 Å². The number of amides is 2. The van der Waals surface area contributed by atoms with Gasteiger partial charge in [-0.2, -0.15) is 13.2 Å². The van der Waals surface area contributed by atoms with Crippen molar-refractivity contribution in [3.63, 3.8) is 0 Å². The highest BCUT2D eigenvalue weighted by Crippen LogP contribution is 2.31. The number of carbonyl (C=O) groups is 2. The summed E-state index contributed by atoms with van der Waals surface area (Å²) in [6, 6.07) is 14.6. The van der Waals surface area contributed by atoms with Gasteiger partial charge < -0.3 is 26.6 Å². The summed E-state index contributed by atoms with van der Waals surface area (Å²) < 4.78 is 52.9. The number of para-hydroxylation sites is 2. The Morgan fingerprint density at radius 1 is 0.974 bits per heavy atom. The Morgan fingerprint density at radius 2 is 1.67 bits per heavy atom. The van der Waals surface area contributed by atoms with Gasteiger partial charge in [0.15, 0.2) is 0 Å². The molecule has 3 aromatic carbocycles. The topological polar surface area (TPSA) is 99.5 Å². The second-order valence-electron chi connectivity index (χ2n) is 8.95. The van der Waals surface area contributed by atoms with Gasteiger partial charge in [-0.25, -0.2) is 4.39 Å². The zero-order chi connectivity index (χ0) is 28.6. The van der Waals surface area contributed by atoms with E-state index in [1.807, 2.05) is 19.0 Å². The summed E-state index contributed by atoms with van der Waals surface area (Å²) in [5.74, 6) is -2.21. The molecule has 3 rings (SSSR count). The molecule has 0 heterocycles. The van der Waals surface area contributed by atoms with Crippen LogP contribution in [0.2, 0.25) is 0 Å². The summed E-state index contributed by atoms with van der Waals surface area (Å²) in [4.78, 5) is 27.2. The van der Waals surface area contributed by atoms with E-state index in [1.165, 1.54) is 6.08 Å². The lowest BCUT2D eigenvalue weighted by Gasteiger charge is -2.21. The Hall–Kier alpha value is -4.22. The number of nitrogen functional groups attached to an aromatic ring is 1. The van der Waals surface area contributed by atoms with Crippen molar-refractivity contribution in [1.29, 1.82) is 0 Å². The van der Waals surface area contributed by atoms with Crippen LogP contribution in [-0.4, -0.2) is 43.9 Å². The Labute approximate surface area is 223 Å². The molecule has 7 nitrogen and oxygen atoms in total. The van der Waals surface area contributed by atoms with E-state index in [2.05, 4.69) is 16.0 Å².